The molecule has 1 aliphatic heterocycles. The monoisotopic (exact) mass is 272 g/mol. The van der Waals surface area contributed by atoms with Gasteiger partial charge in [-0.05, 0) is 38.2 Å². The Labute approximate surface area is 119 Å². The van der Waals surface area contributed by atoms with Gasteiger partial charge in [0, 0.05) is 30.1 Å². The van der Waals surface area contributed by atoms with Gasteiger partial charge in [-0.2, -0.15) is 0 Å². The molecule has 0 spiro atoms. The highest BCUT2D eigenvalue weighted by molar-refractivity contribution is 5.94. The normalized spacial score (nSPS) is 18.4. The molecule has 1 atom stereocenters. The molecule has 0 radical (unpaired) electrons. The average Bonchev–Trinajstić information content (AvgIpc) is 2.85. The van der Waals surface area contributed by atoms with Crippen LogP contribution in [0.4, 0.5) is 0 Å². The van der Waals surface area contributed by atoms with E-state index >= 15 is 0 Å². The Morgan fingerprint density at radius 2 is 2.40 bits per heavy atom. The summed E-state index contributed by atoms with van der Waals surface area (Å²) in [4.78, 5) is 14.4. The van der Waals surface area contributed by atoms with Gasteiger partial charge in [-0.1, -0.05) is 17.9 Å². The fourth-order valence-corrected chi connectivity index (χ4v) is 2.28. The molecule has 4 heteroatoms. The number of aliphatic hydroxyl groups is 1. The van der Waals surface area contributed by atoms with Crippen molar-refractivity contribution in [3.05, 3.63) is 35.4 Å². The van der Waals surface area contributed by atoms with Crippen molar-refractivity contribution in [1.29, 1.82) is 0 Å². The zero-order valence-electron chi connectivity index (χ0n) is 11.7. The number of nitrogens with zero attached hydrogens (tertiary/aromatic N) is 1. The summed E-state index contributed by atoms with van der Waals surface area (Å²) in [7, 11) is 2.06. The van der Waals surface area contributed by atoms with Crippen molar-refractivity contribution in [2.75, 3.05) is 26.7 Å². The van der Waals surface area contributed by atoms with Gasteiger partial charge in [-0.3, -0.25) is 4.79 Å². The van der Waals surface area contributed by atoms with Crippen LogP contribution in [0.5, 0.6) is 0 Å². The summed E-state index contributed by atoms with van der Waals surface area (Å²) in [6.07, 6.45) is 1.45. The molecule has 1 aliphatic rings. The van der Waals surface area contributed by atoms with Crippen LogP contribution in [0.3, 0.4) is 0 Å². The van der Waals surface area contributed by atoms with Gasteiger partial charge >= 0.3 is 0 Å². The molecule has 106 valence electrons. The van der Waals surface area contributed by atoms with Crippen LogP contribution >= 0.6 is 0 Å². The lowest BCUT2D eigenvalue weighted by Crippen LogP contribution is -2.36. The third-order valence-corrected chi connectivity index (χ3v) is 3.32. The summed E-state index contributed by atoms with van der Waals surface area (Å²) < 4.78 is 0. The Bertz CT molecular complexity index is 531. The largest absolute Gasteiger partial charge is 0.395 e. The lowest BCUT2D eigenvalue weighted by molar-refractivity contribution is 0.0938. The molecule has 2 rings (SSSR count). The lowest BCUT2D eigenvalue weighted by Gasteiger charge is -2.12. The Balaban J connectivity index is 1.99. The number of amides is 1. The number of carbonyl (C=O) groups excluding carboxylic acids is 1. The van der Waals surface area contributed by atoms with E-state index in [1.165, 1.54) is 0 Å². The van der Waals surface area contributed by atoms with Gasteiger partial charge in [-0.25, -0.2) is 0 Å². The molecule has 0 bridgehead atoms. The van der Waals surface area contributed by atoms with E-state index in [0.717, 1.165) is 25.1 Å². The Morgan fingerprint density at radius 3 is 3.10 bits per heavy atom. The first-order valence-corrected chi connectivity index (χ1v) is 6.88. The minimum absolute atomic E-state index is 0.0453. The minimum atomic E-state index is -0.0453. The van der Waals surface area contributed by atoms with Crippen LogP contribution in [0.1, 0.15) is 28.8 Å². The van der Waals surface area contributed by atoms with Gasteiger partial charge in [0.05, 0.1) is 6.61 Å². The number of nitrogens with one attached hydrogen (secondary N) is 1. The van der Waals surface area contributed by atoms with Crippen LogP contribution < -0.4 is 5.32 Å². The molecule has 20 heavy (non-hydrogen) atoms. The van der Waals surface area contributed by atoms with Gasteiger partial charge in [0.2, 0.25) is 0 Å². The summed E-state index contributed by atoms with van der Waals surface area (Å²) in [5, 5.41) is 11.7. The Kier molecular flexibility index (Phi) is 5.16. The Morgan fingerprint density at radius 1 is 1.55 bits per heavy atom. The predicted octanol–water partition coefficient (Wildman–Crippen LogP) is 0.854. The van der Waals surface area contributed by atoms with Gasteiger partial charge in [0.1, 0.15) is 0 Å². The number of hydrogen-bond donors (Lipinski definition) is 2. The maximum absolute atomic E-state index is 12.2. The van der Waals surface area contributed by atoms with E-state index in [4.69, 9.17) is 5.11 Å². The molecule has 0 aliphatic carbocycles. The summed E-state index contributed by atoms with van der Waals surface area (Å²) in [5.41, 5.74) is 1.44. The molecule has 2 N–H and O–H groups in total. The molecule has 1 aromatic rings. The van der Waals surface area contributed by atoms with Crippen LogP contribution in [-0.4, -0.2) is 48.7 Å². The number of benzene rings is 1. The fourth-order valence-electron chi connectivity index (χ4n) is 2.28. The van der Waals surface area contributed by atoms with E-state index in [1.807, 2.05) is 12.1 Å². The molecule has 1 heterocycles. The molecule has 1 unspecified atom stereocenters. The molecule has 1 saturated heterocycles. The molecular formula is C16H20N2O2. The van der Waals surface area contributed by atoms with Crippen molar-refractivity contribution in [2.24, 2.45) is 0 Å². The SMILES string of the molecule is CN1CCC(NC(=O)c2cccc(C#CCCO)c2)C1. The summed E-state index contributed by atoms with van der Waals surface area (Å²) >= 11 is 0. The molecule has 0 aromatic heterocycles. The maximum atomic E-state index is 12.2. The van der Waals surface area contributed by atoms with Gasteiger partial charge in [0.15, 0.2) is 0 Å². The zero-order valence-corrected chi connectivity index (χ0v) is 11.7. The predicted molar refractivity (Wildman–Crippen MR) is 78.4 cm³/mol. The number of aliphatic hydroxyl groups excluding tert-OH is 1. The molecule has 1 fully saturated rings. The average molecular weight is 272 g/mol. The summed E-state index contributed by atoms with van der Waals surface area (Å²) in [5.74, 6) is 5.76. The van der Waals surface area contributed by atoms with Crippen molar-refractivity contribution in [3.8, 4) is 11.8 Å². The summed E-state index contributed by atoms with van der Waals surface area (Å²) in [6.45, 7) is 1.99. The van der Waals surface area contributed by atoms with Crippen LogP contribution in [-0.2, 0) is 0 Å². The first-order valence-electron chi connectivity index (χ1n) is 6.88. The summed E-state index contributed by atoms with van der Waals surface area (Å²) in [6, 6.07) is 7.52. The lowest BCUT2D eigenvalue weighted by atomic mass is 10.1. The van der Waals surface area contributed by atoms with Crippen molar-refractivity contribution >= 4 is 5.91 Å². The Hall–Kier alpha value is -1.83. The highest BCUT2D eigenvalue weighted by atomic mass is 16.2. The smallest absolute Gasteiger partial charge is 0.251 e. The van der Waals surface area contributed by atoms with E-state index in [2.05, 4.69) is 29.1 Å². The number of carbonyl (C=O) groups is 1. The first kappa shape index (κ1) is 14.6. The van der Waals surface area contributed by atoms with Gasteiger partial charge in [0.25, 0.3) is 5.91 Å². The highest BCUT2D eigenvalue weighted by Crippen LogP contribution is 2.09. The minimum Gasteiger partial charge on any atom is -0.395 e. The first-order chi connectivity index (χ1) is 9.69. The second-order valence-corrected chi connectivity index (χ2v) is 5.08. The third kappa shape index (κ3) is 4.09. The van der Waals surface area contributed by atoms with Crippen LogP contribution in [0, 0.1) is 11.8 Å². The van der Waals surface area contributed by atoms with E-state index in [1.54, 1.807) is 12.1 Å². The number of hydrogen-bond acceptors (Lipinski definition) is 3. The third-order valence-electron chi connectivity index (χ3n) is 3.32. The number of likely N-dealkylation sites (N-methyl/N-ethyl adjacent to an activating group) is 1. The number of likely N-dealkylation sites (tertiary alicyclic amines) is 1. The van der Waals surface area contributed by atoms with Crippen molar-refractivity contribution in [3.63, 3.8) is 0 Å². The van der Waals surface area contributed by atoms with E-state index in [9.17, 15) is 4.79 Å². The van der Waals surface area contributed by atoms with E-state index in [0.29, 0.717) is 12.0 Å². The van der Waals surface area contributed by atoms with Crippen LogP contribution in [0.2, 0.25) is 0 Å². The van der Waals surface area contributed by atoms with Crippen LogP contribution in [0.25, 0.3) is 0 Å². The van der Waals surface area contributed by atoms with E-state index in [-0.39, 0.29) is 18.6 Å². The van der Waals surface area contributed by atoms with Gasteiger partial charge < -0.3 is 15.3 Å². The molecule has 1 aromatic carbocycles. The molecule has 1 amide bonds. The quantitative estimate of drug-likeness (QED) is 0.802. The van der Waals surface area contributed by atoms with Crippen LogP contribution in [0.15, 0.2) is 24.3 Å². The topological polar surface area (TPSA) is 52.6 Å². The second-order valence-electron chi connectivity index (χ2n) is 5.08. The fraction of sp³-hybridized carbons (Fsp3) is 0.438. The molecule has 4 nitrogen and oxygen atoms in total. The molecule has 0 saturated carbocycles. The zero-order chi connectivity index (χ0) is 14.4. The van der Waals surface area contributed by atoms with Crippen molar-refractivity contribution in [2.45, 2.75) is 18.9 Å². The molecular weight excluding hydrogens is 252 g/mol. The number of rotatable bonds is 3. The van der Waals surface area contributed by atoms with Crippen molar-refractivity contribution < 1.29 is 9.90 Å². The highest BCUT2D eigenvalue weighted by Gasteiger charge is 2.21. The van der Waals surface area contributed by atoms with Gasteiger partial charge in [-0.15, -0.1) is 0 Å². The standard InChI is InChI=1S/C16H20N2O2/c1-18-9-8-15(12-18)17-16(20)14-7-4-6-13(11-14)5-2-3-10-19/h4,6-7,11,15,19H,3,8-10,12H2,1H3,(H,17,20). The van der Waals surface area contributed by atoms with Crippen molar-refractivity contribution in [1.82, 2.24) is 10.2 Å². The maximum Gasteiger partial charge on any atom is 0.251 e. The second kappa shape index (κ2) is 7.09. The van der Waals surface area contributed by atoms with E-state index < -0.39 is 0 Å².